The molecule has 1 aliphatic carbocycles. The highest BCUT2D eigenvalue weighted by molar-refractivity contribution is 6.11. The van der Waals surface area contributed by atoms with E-state index in [0.717, 1.165) is 19.3 Å². The van der Waals surface area contributed by atoms with Gasteiger partial charge in [-0.25, -0.2) is 4.98 Å². The van der Waals surface area contributed by atoms with Gasteiger partial charge in [-0.3, -0.25) is 14.5 Å². The smallest absolute Gasteiger partial charge is 0.248 e. The van der Waals surface area contributed by atoms with Gasteiger partial charge in [-0.05, 0) is 44.7 Å². The van der Waals surface area contributed by atoms with E-state index >= 15 is 0 Å². The largest absolute Gasteiger partial charge is 0.307 e. The van der Waals surface area contributed by atoms with Crippen molar-refractivity contribution in [1.82, 2.24) is 4.98 Å². The Morgan fingerprint density at radius 3 is 3.10 bits per heavy atom. The zero-order chi connectivity index (χ0) is 14.8. The van der Waals surface area contributed by atoms with Crippen LogP contribution in [-0.4, -0.2) is 22.8 Å². The van der Waals surface area contributed by atoms with Crippen LogP contribution < -0.4 is 10.2 Å². The van der Waals surface area contributed by atoms with Gasteiger partial charge in [-0.2, -0.15) is 0 Å². The summed E-state index contributed by atoms with van der Waals surface area (Å²) in [7, 11) is 0. The van der Waals surface area contributed by atoms with Crippen LogP contribution in [0.4, 0.5) is 11.5 Å². The molecule has 110 valence electrons. The molecule has 2 amide bonds. The van der Waals surface area contributed by atoms with Gasteiger partial charge >= 0.3 is 0 Å². The molecule has 0 aromatic carbocycles. The number of hydrogen-bond donors (Lipinski definition) is 1. The SMILES string of the molecule is CC1C(=O)Nc2ncccc2N1C(=O)CC1=CCCCC1. The predicted octanol–water partition coefficient (Wildman–Crippen LogP) is 2.65. The second-order valence-corrected chi connectivity index (χ2v) is 5.59. The lowest BCUT2D eigenvalue weighted by Crippen LogP contribution is -2.49. The molecule has 0 saturated carbocycles. The number of fused-ring (bicyclic) bond motifs is 1. The molecule has 5 heteroatoms. The Bertz CT molecular complexity index is 609. The second-order valence-electron chi connectivity index (χ2n) is 5.59. The monoisotopic (exact) mass is 285 g/mol. The third kappa shape index (κ3) is 2.68. The number of allylic oxidation sites excluding steroid dienone is 1. The maximum atomic E-state index is 12.7. The van der Waals surface area contributed by atoms with Crippen LogP contribution >= 0.6 is 0 Å². The van der Waals surface area contributed by atoms with Crippen molar-refractivity contribution < 1.29 is 9.59 Å². The Morgan fingerprint density at radius 2 is 2.33 bits per heavy atom. The molecule has 1 unspecified atom stereocenters. The normalized spacial score (nSPS) is 21.4. The van der Waals surface area contributed by atoms with E-state index in [1.54, 1.807) is 24.1 Å². The van der Waals surface area contributed by atoms with E-state index in [1.807, 2.05) is 6.07 Å². The van der Waals surface area contributed by atoms with E-state index in [2.05, 4.69) is 16.4 Å². The number of rotatable bonds is 2. The van der Waals surface area contributed by atoms with Crippen LogP contribution in [0.1, 0.15) is 39.0 Å². The van der Waals surface area contributed by atoms with Crippen molar-refractivity contribution in [1.29, 1.82) is 0 Å². The highest BCUT2D eigenvalue weighted by atomic mass is 16.2. The molecular weight excluding hydrogens is 266 g/mol. The maximum absolute atomic E-state index is 12.7. The zero-order valence-corrected chi connectivity index (χ0v) is 12.1. The fourth-order valence-electron chi connectivity index (χ4n) is 2.93. The van der Waals surface area contributed by atoms with Gasteiger partial charge in [0.2, 0.25) is 11.8 Å². The van der Waals surface area contributed by atoms with Crippen molar-refractivity contribution in [3.05, 3.63) is 30.0 Å². The lowest BCUT2D eigenvalue weighted by molar-refractivity contribution is -0.123. The van der Waals surface area contributed by atoms with Crippen LogP contribution in [0, 0.1) is 0 Å². The first-order valence-electron chi connectivity index (χ1n) is 7.42. The average Bonchev–Trinajstić information content (AvgIpc) is 2.49. The Morgan fingerprint density at radius 1 is 1.48 bits per heavy atom. The topological polar surface area (TPSA) is 62.3 Å². The van der Waals surface area contributed by atoms with Crippen molar-refractivity contribution in [3.8, 4) is 0 Å². The number of nitrogens with one attached hydrogen (secondary N) is 1. The summed E-state index contributed by atoms with van der Waals surface area (Å²) in [5, 5.41) is 2.74. The molecule has 0 saturated heterocycles. The summed E-state index contributed by atoms with van der Waals surface area (Å²) < 4.78 is 0. The molecule has 21 heavy (non-hydrogen) atoms. The molecular formula is C16H19N3O2. The number of nitrogens with zero attached hydrogens (tertiary/aromatic N) is 2. The lowest BCUT2D eigenvalue weighted by atomic mass is 9.96. The third-order valence-corrected chi connectivity index (χ3v) is 4.09. The van der Waals surface area contributed by atoms with Crippen molar-refractivity contribution in [2.24, 2.45) is 0 Å². The van der Waals surface area contributed by atoms with E-state index in [1.165, 1.54) is 12.0 Å². The lowest BCUT2D eigenvalue weighted by Gasteiger charge is -2.34. The van der Waals surface area contributed by atoms with Crippen molar-refractivity contribution in [2.75, 3.05) is 10.2 Å². The molecule has 1 N–H and O–H groups in total. The Hall–Kier alpha value is -2.17. The van der Waals surface area contributed by atoms with Gasteiger partial charge in [0.05, 0.1) is 5.69 Å². The quantitative estimate of drug-likeness (QED) is 0.850. The van der Waals surface area contributed by atoms with Gasteiger partial charge < -0.3 is 5.32 Å². The van der Waals surface area contributed by atoms with Crippen LogP contribution in [-0.2, 0) is 9.59 Å². The molecule has 1 aromatic rings. The Labute approximate surface area is 124 Å². The molecule has 0 radical (unpaired) electrons. The van der Waals surface area contributed by atoms with Crippen LogP contribution in [0.5, 0.6) is 0 Å². The molecule has 5 nitrogen and oxygen atoms in total. The highest BCUT2D eigenvalue weighted by Crippen LogP contribution is 2.31. The maximum Gasteiger partial charge on any atom is 0.248 e. The molecule has 1 aromatic heterocycles. The minimum absolute atomic E-state index is 0.0280. The van der Waals surface area contributed by atoms with E-state index in [0.29, 0.717) is 17.9 Å². The average molecular weight is 285 g/mol. The fraction of sp³-hybridized carbons (Fsp3) is 0.438. The first kappa shape index (κ1) is 13.8. The summed E-state index contributed by atoms with van der Waals surface area (Å²) in [6.45, 7) is 1.75. The first-order chi connectivity index (χ1) is 10.2. The fourth-order valence-corrected chi connectivity index (χ4v) is 2.93. The Balaban J connectivity index is 1.87. The summed E-state index contributed by atoms with van der Waals surface area (Å²) >= 11 is 0. The number of anilines is 2. The highest BCUT2D eigenvalue weighted by Gasteiger charge is 2.34. The number of carbonyl (C=O) groups excluding carboxylic acids is 2. The molecule has 1 aliphatic heterocycles. The van der Waals surface area contributed by atoms with Gasteiger partial charge in [0.25, 0.3) is 0 Å². The van der Waals surface area contributed by atoms with Gasteiger partial charge in [-0.15, -0.1) is 0 Å². The van der Waals surface area contributed by atoms with Gasteiger partial charge in [0.15, 0.2) is 5.82 Å². The van der Waals surface area contributed by atoms with Crippen LogP contribution in [0.15, 0.2) is 30.0 Å². The molecule has 2 heterocycles. The predicted molar refractivity (Wildman–Crippen MR) is 81.0 cm³/mol. The van der Waals surface area contributed by atoms with Crippen molar-refractivity contribution in [3.63, 3.8) is 0 Å². The van der Waals surface area contributed by atoms with Gasteiger partial charge in [-0.1, -0.05) is 11.6 Å². The number of amides is 2. The van der Waals surface area contributed by atoms with Crippen LogP contribution in [0.2, 0.25) is 0 Å². The van der Waals surface area contributed by atoms with Gasteiger partial charge in [0, 0.05) is 12.6 Å². The van der Waals surface area contributed by atoms with Gasteiger partial charge in [0.1, 0.15) is 6.04 Å². The molecule has 3 rings (SSSR count). The molecule has 2 aliphatic rings. The third-order valence-electron chi connectivity index (χ3n) is 4.09. The van der Waals surface area contributed by atoms with Crippen molar-refractivity contribution in [2.45, 2.75) is 45.1 Å². The number of pyridine rings is 1. The standard InChI is InChI=1S/C16H19N3O2/c1-11-16(21)18-15-13(8-5-9-17-15)19(11)14(20)10-12-6-3-2-4-7-12/h5-6,8-9,11H,2-4,7,10H2,1H3,(H,17,18,21). The summed E-state index contributed by atoms with van der Waals surface area (Å²) in [4.78, 5) is 30.4. The molecule has 0 fully saturated rings. The molecule has 0 bridgehead atoms. The molecule has 0 spiro atoms. The second kappa shape index (κ2) is 5.68. The number of aromatic nitrogens is 1. The van der Waals surface area contributed by atoms with Crippen LogP contribution in [0.25, 0.3) is 0 Å². The van der Waals surface area contributed by atoms with Crippen LogP contribution in [0.3, 0.4) is 0 Å². The minimum atomic E-state index is -0.501. The van der Waals surface area contributed by atoms with Crippen molar-refractivity contribution >= 4 is 23.3 Å². The van der Waals surface area contributed by atoms with E-state index in [-0.39, 0.29) is 11.8 Å². The summed E-state index contributed by atoms with van der Waals surface area (Å²) in [5.41, 5.74) is 1.88. The van der Waals surface area contributed by atoms with E-state index < -0.39 is 6.04 Å². The summed E-state index contributed by atoms with van der Waals surface area (Å²) in [6, 6.07) is 3.10. The summed E-state index contributed by atoms with van der Waals surface area (Å²) in [5.74, 6) is 0.249. The number of hydrogen-bond acceptors (Lipinski definition) is 3. The number of carbonyl (C=O) groups is 2. The zero-order valence-electron chi connectivity index (χ0n) is 12.1. The molecule has 1 atom stereocenters. The minimum Gasteiger partial charge on any atom is -0.307 e. The summed E-state index contributed by atoms with van der Waals surface area (Å²) in [6.07, 6.45) is 8.56. The first-order valence-corrected chi connectivity index (χ1v) is 7.42. The Kier molecular flexibility index (Phi) is 3.73. The van der Waals surface area contributed by atoms with E-state index in [9.17, 15) is 9.59 Å². The van der Waals surface area contributed by atoms with E-state index in [4.69, 9.17) is 0 Å².